The van der Waals surface area contributed by atoms with Crippen LogP contribution in [-0.2, 0) is 4.79 Å². The molecule has 0 saturated carbocycles. The van der Waals surface area contributed by atoms with Gasteiger partial charge >= 0.3 is 0 Å². The first-order valence-electron chi connectivity index (χ1n) is 11.8. The molecule has 0 aromatic carbocycles. The van der Waals surface area contributed by atoms with E-state index >= 15 is 0 Å². The van der Waals surface area contributed by atoms with Gasteiger partial charge in [-0.3, -0.25) is 9.69 Å². The van der Waals surface area contributed by atoms with E-state index in [2.05, 4.69) is 26.7 Å². The lowest BCUT2D eigenvalue weighted by Gasteiger charge is -2.54. The minimum atomic E-state index is 0.433. The maximum Gasteiger partial charge on any atom is 0.223 e. The predicted molar refractivity (Wildman–Crippen MR) is 121 cm³/mol. The van der Waals surface area contributed by atoms with Gasteiger partial charge in [0.15, 0.2) is 0 Å². The van der Waals surface area contributed by atoms with Crippen molar-refractivity contribution in [3.63, 3.8) is 0 Å². The zero-order valence-corrected chi connectivity index (χ0v) is 18.8. The summed E-state index contributed by atoms with van der Waals surface area (Å²) in [7, 11) is 4.10. The monoisotopic (exact) mass is 420 g/mol. The summed E-state index contributed by atoms with van der Waals surface area (Å²) < 4.78 is 0. The Kier molecular flexibility index (Phi) is 6.32. The number of piperidine rings is 3. The van der Waals surface area contributed by atoms with Crippen molar-refractivity contribution < 1.29 is 4.79 Å². The van der Waals surface area contributed by atoms with E-state index < -0.39 is 0 Å². The fourth-order valence-corrected chi connectivity index (χ4v) is 9.64. The van der Waals surface area contributed by atoms with Crippen LogP contribution < -0.4 is 0 Å². The van der Waals surface area contributed by atoms with Crippen molar-refractivity contribution in [1.82, 2.24) is 9.80 Å². The quantitative estimate of drug-likeness (QED) is 0.350. The van der Waals surface area contributed by atoms with Crippen LogP contribution in [0.3, 0.4) is 0 Å². The van der Waals surface area contributed by atoms with E-state index in [1.807, 2.05) is 10.8 Å². The number of hydrogen-bond donors (Lipinski definition) is 0. The van der Waals surface area contributed by atoms with Crippen LogP contribution in [0.25, 0.3) is 0 Å². The minimum absolute atomic E-state index is 0.433. The van der Waals surface area contributed by atoms with Crippen LogP contribution in [0.1, 0.15) is 70.6 Å². The number of unbranched alkanes of at least 4 members (excludes halogenated alkanes) is 1. The average Bonchev–Trinajstić information content (AvgIpc) is 3.24. The Morgan fingerprint density at radius 3 is 3.00 bits per heavy atom. The topological polar surface area (TPSA) is 23.6 Å². The molecule has 4 aliphatic heterocycles. The van der Waals surface area contributed by atoms with Crippen LogP contribution in [0, 0.1) is 11.8 Å². The Hall–Kier alpha value is -0.130. The summed E-state index contributed by atoms with van der Waals surface area (Å²) >= 11 is 0. The molecular formula is C23H36N2OS2. The Morgan fingerprint density at radius 1 is 1.14 bits per heavy atom. The molecule has 28 heavy (non-hydrogen) atoms. The first-order valence-corrected chi connectivity index (χ1v) is 14.2. The number of nitrogens with zero attached hydrogens (tertiary/aromatic N) is 2. The minimum Gasteiger partial charge on any atom is -0.336 e. The summed E-state index contributed by atoms with van der Waals surface area (Å²) in [5, 5.41) is 0.847. The third-order valence-electron chi connectivity index (χ3n) is 7.87. The van der Waals surface area contributed by atoms with Gasteiger partial charge in [0.05, 0.1) is 6.04 Å². The zero-order valence-electron chi connectivity index (χ0n) is 17.2. The molecule has 0 N–H and O–H groups in total. The molecule has 4 saturated heterocycles. The van der Waals surface area contributed by atoms with Crippen molar-refractivity contribution in [1.29, 1.82) is 0 Å². The highest BCUT2D eigenvalue weighted by Gasteiger charge is 2.46. The maximum absolute atomic E-state index is 13.2. The molecule has 0 spiro atoms. The molecule has 5 rings (SSSR count). The van der Waals surface area contributed by atoms with Crippen molar-refractivity contribution >= 4 is 27.5 Å². The molecule has 0 aromatic heterocycles. The third-order valence-corrected chi connectivity index (χ3v) is 10.9. The summed E-state index contributed by atoms with van der Waals surface area (Å²) in [5.74, 6) is 3.22. The van der Waals surface area contributed by atoms with Crippen molar-refractivity contribution in [3.05, 3.63) is 11.6 Å². The summed E-state index contributed by atoms with van der Waals surface area (Å²) in [5.41, 5.74) is 1.63. The summed E-state index contributed by atoms with van der Waals surface area (Å²) in [4.78, 5) is 18.3. The Morgan fingerprint density at radius 2 is 2.11 bits per heavy atom. The second-order valence-corrected chi connectivity index (χ2v) is 12.5. The van der Waals surface area contributed by atoms with E-state index in [0.29, 0.717) is 17.9 Å². The third kappa shape index (κ3) is 4.05. The van der Waals surface area contributed by atoms with Crippen LogP contribution in [0.4, 0.5) is 0 Å². The van der Waals surface area contributed by atoms with Gasteiger partial charge in [-0.1, -0.05) is 46.1 Å². The number of hydrogen-bond acceptors (Lipinski definition) is 4. The molecular weight excluding hydrogens is 384 g/mol. The van der Waals surface area contributed by atoms with Crippen molar-refractivity contribution in [2.24, 2.45) is 11.8 Å². The molecule has 0 unspecified atom stereocenters. The van der Waals surface area contributed by atoms with Crippen LogP contribution in [0.2, 0.25) is 0 Å². The van der Waals surface area contributed by atoms with Gasteiger partial charge in [-0.25, -0.2) is 0 Å². The van der Waals surface area contributed by atoms with Gasteiger partial charge in [-0.05, 0) is 69.7 Å². The fourth-order valence-electron chi connectivity index (χ4n) is 6.61. The van der Waals surface area contributed by atoms with Gasteiger partial charge in [0.2, 0.25) is 5.91 Å². The number of fused-ring (bicyclic) bond motifs is 6. The van der Waals surface area contributed by atoms with Crippen molar-refractivity contribution in [2.75, 3.05) is 25.4 Å². The first-order chi connectivity index (χ1) is 13.8. The molecule has 5 aliphatic rings. The van der Waals surface area contributed by atoms with E-state index in [9.17, 15) is 4.79 Å². The largest absolute Gasteiger partial charge is 0.336 e. The number of carbonyl (C=O) groups is 1. The van der Waals surface area contributed by atoms with Gasteiger partial charge in [0.1, 0.15) is 0 Å². The van der Waals surface area contributed by atoms with Gasteiger partial charge in [-0.15, -0.1) is 0 Å². The Balaban J connectivity index is 1.21. The van der Waals surface area contributed by atoms with Crippen molar-refractivity contribution in [2.45, 2.75) is 88.0 Å². The predicted octanol–water partition coefficient (Wildman–Crippen LogP) is 5.12. The summed E-state index contributed by atoms with van der Waals surface area (Å²) in [6, 6.07) is 1.23. The van der Waals surface area contributed by atoms with Gasteiger partial charge in [0, 0.05) is 36.6 Å². The molecule has 3 nitrogen and oxygen atoms in total. The van der Waals surface area contributed by atoms with Crippen LogP contribution in [-0.4, -0.2) is 58.4 Å². The van der Waals surface area contributed by atoms with Gasteiger partial charge in [0.25, 0.3) is 0 Å². The fraction of sp³-hybridized carbons (Fsp3) is 0.870. The zero-order chi connectivity index (χ0) is 18.9. The number of likely N-dealkylation sites (tertiary alicyclic amines) is 1. The molecule has 1 aliphatic carbocycles. The average molecular weight is 421 g/mol. The smallest absolute Gasteiger partial charge is 0.223 e. The lowest BCUT2D eigenvalue weighted by atomic mass is 9.68. The summed E-state index contributed by atoms with van der Waals surface area (Å²) in [6.07, 6.45) is 16.3. The maximum atomic E-state index is 13.2. The highest BCUT2D eigenvalue weighted by atomic mass is 33.1. The van der Waals surface area contributed by atoms with Gasteiger partial charge < -0.3 is 4.90 Å². The van der Waals surface area contributed by atoms with E-state index in [1.165, 1.54) is 76.6 Å². The van der Waals surface area contributed by atoms with E-state index in [0.717, 1.165) is 36.6 Å². The molecule has 4 heterocycles. The van der Waals surface area contributed by atoms with Gasteiger partial charge in [-0.2, -0.15) is 0 Å². The first kappa shape index (κ1) is 19.8. The highest BCUT2D eigenvalue weighted by molar-refractivity contribution is 8.77. The molecule has 0 radical (unpaired) electrons. The van der Waals surface area contributed by atoms with Crippen molar-refractivity contribution in [3.8, 4) is 0 Å². The number of rotatable bonds is 5. The normalized spacial score (nSPS) is 37.9. The number of carbonyl (C=O) groups excluding carboxylic acids is 1. The lowest BCUT2D eigenvalue weighted by molar-refractivity contribution is -0.136. The molecule has 4 fully saturated rings. The van der Waals surface area contributed by atoms with E-state index in [4.69, 9.17) is 0 Å². The van der Waals surface area contributed by atoms with Crippen LogP contribution in [0.5, 0.6) is 0 Å². The van der Waals surface area contributed by atoms with E-state index in [1.54, 1.807) is 5.57 Å². The highest BCUT2D eigenvalue weighted by Crippen LogP contribution is 2.45. The molecule has 5 atom stereocenters. The summed E-state index contributed by atoms with van der Waals surface area (Å²) in [6.45, 7) is 3.53. The Bertz CT molecular complexity index is 603. The van der Waals surface area contributed by atoms with Crippen LogP contribution in [0.15, 0.2) is 11.6 Å². The lowest BCUT2D eigenvalue weighted by Crippen LogP contribution is -2.60. The standard InChI is InChI=1S/C23H36N2OS2/c26-22(9-2-1-7-20-10-13-27-28-20)25-12-5-6-17-14-18-15-19(23(17)25)16-24-11-4-3-8-21(18)24/h14,18-21,23H,1-13,15-16H2/t18-,19+,20+,21+,23+/m0/s1. The molecule has 5 heteroatoms. The second-order valence-electron chi connectivity index (χ2n) is 9.67. The van der Waals surface area contributed by atoms with E-state index in [-0.39, 0.29) is 0 Å². The molecule has 156 valence electrons. The van der Waals surface area contributed by atoms with Crippen LogP contribution >= 0.6 is 21.6 Å². The number of amides is 1. The molecule has 2 bridgehead atoms. The Labute approximate surface area is 178 Å². The SMILES string of the molecule is O=C(CCCC[C@@H]1CCSS1)N1CCCC2=C[C@H]3C[C@H](CN4CCCC[C@H]34)[C@@H]21. The molecule has 0 aromatic rings. The second kappa shape index (κ2) is 8.93. The molecule has 1 amide bonds.